The molecule has 2 N–H and O–H groups in total. The van der Waals surface area contributed by atoms with Crippen LogP contribution in [0.3, 0.4) is 0 Å². The van der Waals surface area contributed by atoms with Crippen molar-refractivity contribution in [3.05, 3.63) is 17.7 Å². The summed E-state index contributed by atoms with van der Waals surface area (Å²) in [6.45, 7) is 5.01. The minimum absolute atomic E-state index is 0.0980. The molecule has 1 rings (SSSR count). The fourth-order valence-corrected chi connectivity index (χ4v) is 3.27. The molecule has 0 aliphatic heterocycles. The highest BCUT2D eigenvalue weighted by Crippen LogP contribution is 2.39. The number of aryl methyl sites for hydroxylation is 1. The Morgan fingerprint density at radius 2 is 1.23 bits per heavy atom. The summed E-state index contributed by atoms with van der Waals surface area (Å²) in [6.07, 6.45) is 17.4. The number of phenolic OH excluding ortho intramolecular Hbond substituents is 2. The van der Waals surface area contributed by atoms with Crippen molar-refractivity contribution in [2.45, 2.75) is 104 Å². The first-order valence-electron chi connectivity index (χ1n) is 10.9. The monoisotopic (exact) mass is 364 g/mol. The second kappa shape index (κ2) is 14.8. The average Bonchev–Trinajstić information content (AvgIpc) is 2.65. The van der Waals surface area contributed by atoms with E-state index in [9.17, 15) is 10.2 Å². The van der Waals surface area contributed by atoms with E-state index in [-0.39, 0.29) is 11.5 Å². The summed E-state index contributed by atoms with van der Waals surface area (Å²) in [5.41, 5.74) is 0.991. The topological polar surface area (TPSA) is 49.7 Å². The van der Waals surface area contributed by atoms with Crippen molar-refractivity contribution in [1.82, 2.24) is 0 Å². The van der Waals surface area contributed by atoms with Crippen molar-refractivity contribution >= 4 is 0 Å². The van der Waals surface area contributed by atoms with Crippen LogP contribution in [-0.2, 0) is 6.42 Å². The predicted octanol–water partition coefficient (Wildman–Crippen LogP) is 7.13. The molecule has 0 amide bonds. The Balaban J connectivity index is 2.15. The van der Waals surface area contributed by atoms with Crippen molar-refractivity contribution in [2.75, 3.05) is 6.61 Å². The minimum atomic E-state index is -0.110. The molecule has 0 unspecified atom stereocenters. The van der Waals surface area contributed by atoms with Crippen LogP contribution in [0.4, 0.5) is 0 Å². The lowest BCUT2D eigenvalue weighted by Crippen LogP contribution is -2.01. The van der Waals surface area contributed by atoms with Crippen LogP contribution < -0.4 is 4.74 Å². The first-order chi connectivity index (χ1) is 12.7. The van der Waals surface area contributed by atoms with Crippen LogP contribution in [0, 0.1) is 0 Å². The maximum atomic E-state index is 10.1. The number of hydrogen-bond acceptors (Lipinski definition) is 3. The number of benzene rings is 1. The van der Waals surface area contributed by atoms with Crippen LogP contribution in [0.25, 0.3) is 0 Å². The van der Waals surface area contributed by atoms with Gasteiger partial charge in [0.2, 0.25) is 5.75 Å². The molecule has 0 atom stereocenters. The third-order valence-corrected chi connectivity index (χ3v) is 4.99. The van der Waals surface area contributed by atoms with Gasteiger partial charge < -0.3 is 14.9 Å². The lowest BCUT2D eigenvalue weighted by molar-refractivity contribution is 0.280. The highest BCUT2D eigenvalue weighted by Gasteiger charge is 2.13. The largest absolute Gasteiger partial charge is 0.504 e. The summed E-state index contributed by atoms with van der Waals surface area (Å²) in [6, 6.07) is 3.41. The Labute approximate surface area is 160 Å². The van der Waals surface area contributed by atoms with Gasteiger partial charge in [-0.3, -0.25) is 0 Å². The zero-order chi connectivity index (χ0) is 19.0. The van der Waals surface area contributed by atoms with Crippen LogP contribution in [0.1, 0.15) is 103 Å². The van der Waals surface area contributed by atoms with Crippen LogP contribution in [0.15, 0.2) is 12.1 Å². The van der Waals surface area contributed by atoms with Crippen molar-refractivity contribution in [3.63, 3.8) is 0 Å². The summed E-state index contributed by atoms with van der Waals surface area (Å²) in [4.78, 5) is 0. The number of hydrogen-bond donors (Lipinski definition) is 2. The van der Waals surface area contributed by atoms with Gasteiger partial charge in [0.25, 0.3) is 0 Å². The molecule has 0 heterocycles. The summed E-state index contributed by atoms with van der Waals surface area (Å²) in [5.74, 6) is 0.270. The molecule has 1 aromatic carbocycles. The maximum absolute atomic E-state index is 10.1. The molecule has 3 nitrogen and oxygen atoms in total. The summed E-state index contributed by atoms with van der Waals surface area (Å²) < 4.78 is 5.82. The quantitative estimate of drug-likeness (QED) is 0.242. The fraction of sp³-hybridized carbons (Fsp3) is 0.739. The van der Waals surface area contributed by atoms with Crippen LogP contribution >= 0.6 is 0 Å². The van der Waals surface area contributed by atoms with Gasteiger partial charge in [-0.15, -0.1) is 0 Å². The average molecular weight is 365 g/mol. The van der Waals surface area contributed by atoms with E-state index in [1.165, 1.54) is 64.2 Å². The molecular formula is C23H40O3. The Hall–Kier alpha value is -1.38. The maximum Gasteiger partial charge on any atom is 0.200 e. The van der Waals surface area contributed by atoms with Gasteiger partial charge in [0.1, 0.15) is 0 Å². The molecule has 0 bridgehead atoms. The highest BCUT2D eigenvalue weighted by atomic mass is 16.5. The van der Waals surface area contributed by atoms with Gasteiger partial charge in [-0.25, -0.2) is 0 Å². The summed E-state index contributed by atoms with van der Waals surface area (Å²) in [5, 5.41) is 19.8. The van der Waals surface area contributed by atoms with Gasteiger partial charge in [0.15, 0.2) is 11.5 Å². The molecule has 0 aromatic heterocycles. The van der Waals surface area contributed by atoms with Crippen molar-refractivity contribution in [3.8, 4) is 17.2 Å². The molecule has 3 heteroatoms. The number of phenols is 2. The van der Waals surface area contributed by atoms with Gasteiger partial charge >= 0.3 is 0 Å². The van der Waals surface area contributed by atoms with E-state index >= 15 is 0 Å². The molecule has 0 aliphatic rings. The lowest BCUT2D eigenvalue weighted by atomic mass is 10.1. The fourth-order valence-electron chi connectivity index (χ4n) is 3.27. The molecule has 0 saturated carbocycles. The van der Waals surface area contributed by atoms with Gasteiger partial charge in [0, 0.05) is 0 Å². The minimum Gasteiger partial charge on any atom is -0.504 e. The van der Waals surface area contributed by atoms with Crippen molar-refractivity contribution in [2.24, 2.45) is 0 Å². The van der Waals surface area contributed by atoms with Crippen molar-refractivity contribution < 1.29 is 14.9 Å². The molecule has 150 valence electrons. The van der Waals surface area contributed by atoms with E-state index in [0.29, 0.717) is 12.4 Å². The van der Waals surface area contributed by atoms with E-state index in [1.807, 2.05) is 6.07 Å². The van der Waals surface area contributed by atoms with Gasteiger partial charge in [0.05, 0.1) is 6.61 Å². The normalized spacial score (nSPS) is 11.0. The van der Waals surface area contributed by atoms with Crippen LogP contribution in [0.2, 0.25) is 0 Å². The first kappa shape index (κ1) is 22.7. The van der Waals surface area contributed by atoms with Gasteiger partial charge in [-0.2, -0.15) is 0 Å². The number of ether oxygens (including phenoxy) is 1. The Morgan fingerprint density at radius 3 is 1.81 bits per heavy atom. The molecule has 0 aliphatic carbocycles. The van der Waals surface area contributed by atoms with Gasteiger partial charge in [-0.1, -0.05) is 90.5 Å². The highest BCUT2D eigenvalue weighted by molar-refractivity contribution is 5.54. The molecule has 26 heavy (non-hydrogen) atoms. The SMILES string of the molecule is CCCCCCCCCCCCCOc1c(CCCC)ccc(O)c1O. The second-order valence-corrected chi connectivity index (χ2v) is 7.41. The number of unbranched alkanes of at least 4 members (excludes halogenated alkanes) is 11. The Bertz CT molecular complexity index is 471. The standard InChI is InChI=1S/C23H40O3/c1-3-5-7-8-9-10-11-12-13-14-15-19-26-23-20(16-6-4-2)17-18-21(24)22(23)25/h17-18,24-25H,3-16,19H2,1-2H3. The first-order valence-corrected chi connectivity index (χ1v) is 10.9. The third-order valence-electron chi connectivity index (χ3n) is 4.99. The van der Waals surface area contributed by atoms with E-state index in [2.05, 4.69) is 13.8 Å². The van der Waals surface area contributed by atoms with Crippen LogP contribution in [0.5, 0.6) is 17.2 Å². The smallest absolute Gasteiger partial charge is 0.200 e. The predicted molar refractivity (Wildman–Crippen MR) is 110 cm³/mol. The molecular weight excluding hydrogens is 324 g/mol. The number of aromatic hydroxyl groups is 2. The number of rotatable bonds is 16. The van der Waals surface area contributed by atoms with E-state index in [0.717, 1.165) is 31.2 Å². The van der Waals surface area contributed by atoms with E-state index < -0.39 is 0 Å². The molecule has 0 spiro atoms. The Morgan fingerprint density at radius 1 is 0.692 bits per heavy atom. The molecule has 0 radical (unpaired) electrons. The van der Waals surface area contributed by atoms with Gasteiger partial charge in [-0.05, 0) is 30.9 Å². The molecule has 0 fully saturated rings. The van der Waals surface area contributed by atoms with E-state index in [4.69, 9.17) is 4.74 Å². The molecule has 1 aromatic rings. The Kier molecular flexibility index (Phi) is 12.9. The van der Waals surface area contributed by atoms with E-state index in [1.54, 1.807) is 6.07 Å². The van der Waals surface area contributed by atoms with Crippen LogP contribution in [-0.4, -0.2) is 16.8 Å². The second-order valence-electron chi connectivity index (χ2n) is 7.41. The zero-order valence-corrected chi connectivity index (χ0v) is 17.1. The molecule has 0 saturated heterocycles. The van der Waals surface area contributed by atoms with Crippen molar-refractivity contribution in [1.29, 1.82) is 0 Å². The third kappa shape index (κ3) is 9.35. The zero-order valence-electron chi connectivity index (χ0n) is 17.1. The summed E-state index contributed by atoms with van der Waals surface area (Å²) in [7, 11) is 0. The summed E-state index contributed by atoms with van der Waals surface area (Å²) >= 11 is 0. The lowest BCUT2D eigenvalue weighted by Gasteiger charge is -2.14.